The molecule has 1 saturated heterocycles. The van der Waals surface area contributed by atoms with Gasteiger partial charge >= 0.3 is 9.28 Å². The third-order valence-corrected chi connectivity index (χ3v) is 6.55. The smallest absolute Gasteiger partial charge is 0.321 e. The van der Waals surface area contributed by atoms with E-state index in [-0.39, 0.29) is 0 Å². The summed E-state index contributed by atoms with van der Waals surface area (Å²) in [5.74, 6) is 0.860. The van der Waals surface area contributed by atoms with Crippen LogP contribution in [0.25, 0.3) is 0 Å². The third-order valence-electron chi connectivity index (χ3n) is 4.53. The van der Waals surface area contributed by atoms with Gasteiger partial charge in [-0.25, -0.2) is 0 Å². The summed E-state index contributed by atoms with van der Waals surface area (Å²) in [7, 11) is -1.42. The Kier molecular flexibility index (Phi) is 7.56. The van der Waals surface area contributed by atoms with Gasteiger partial charge in [0.05, 0.1) is 12.2 Å². The first-order chi connectivity index (χ1) is 9.83. The SMILES string of the molecule is CCCCO[SiH](CCC1CCC2OC2C1)OCCCC. The quantitative estimate of drug-likeness (QED) is 0.330. The number of rotatable bonds is 11. The number of fused-ring (bicyclic) bond motifs is 1. The standard InChI is InChI=1S/C16H32O3Si/c1-3-5-10-17-20(18-11-6-4-2)12-9-14-7-8-15-16(13-14)19-15/h14-16,20H,3-13H2,1-2H3. The molecule has 0 radical (unpaired) electrons. The van der Waals surface area contributed by atoms with Crippen LogP contribution in [0.15, 0.2) is 0 Å². The summed E-state index contributed by atoms with van der Waals surface area (Å²) in [6.07, 6.45) is 11.2. The average Bonchev–Trinajstić information content (AvgIpc) is 3.23. The summed E-state index contributed by atoms with van der Waals surface area (Å²) < 4.78 is 17.7. The highest BCUT2D eigenvalue weighted by atomic mass is 28.3. The summed E-state index contributed by atoms with van der Waals surface area (Å²) in [6.45, 7) is 6.23. The molecule has 0 aromatic heterocycles. The molecular formula is C16H32O3Si. The Morgan fingerprint density at radius 2 is 1.70 bits per heavy atom. The lowest BCUT2D eigenvalue weighted by molar-refractivity contribution is 0.188. The molecule has 0 aromatic rings. The van der Waals surface area contributed by atoms with Gasteiger partial charge in [-0.3, -0.25) is 0 Å². The van der Waals surface area contributed by atoms with Crippen LogP contribution < -0.4 is 0 Å². The third kappa shape index (κ3) is 5.84. The van der Waals surface area contributed by atoms with Gasteiger partial charge < -0.3 is 13.6 Å². The zero-order valence-electron chi connectivity index (χ0n) is 13.3. The van der Waals surface area contributed by atoms with Crippen molar-refractivity contribution < 1.29 is 13.6 Å². The van der Waals surface area contributed by atoms with Crippen molar-refractivity contribution in [1.82, 2.24) is 0 Å². The fourth-order valence-corrected chi connectivity index (χ4v) is 5.09. The molecular weight excluding hydrogens is 268 g/mol. The van der Waals surface area contributed by atoms with Crippen molar-refractivity contribution in [1.29, 1.82) is 0 Å². The second-order valence-corrected chi connectivity index (χ2v) is 8.45. The average molecular weight is 301 g/mol. The Morgan fingerprint density at radius 3 is 2.30 bits per heavy atom. The van der Waals surface area contributed by atoms with Gasteiger partial charge in [0.2, 0.25) is 0 Å². The van der Waals surface area contributed by atoms with Crippen molar-refractivity contribution in [3.8, 4) is 0 Å². The predicted molar refractivity (Wildman–Crippen MR) is 84.3 cm³/mol. The van der Waals surface area contributed by atoms with Gasteiger partial charge in [-0.15, -0.1) is 0 Å². The maximum absolute atomic E-state index is 6.04. The van der Waals surface area contributed by atoms with Crippen LogP contribution in [0.2, 0.25) is 6.04 Å². The van der Waals surface area contributed by atoms with Crippen LogP contribution >= 0.6 is 0 Å². The van der Waals surface area contributed by atoms with Crippen LogP contribution in [0, 0.1) is 5.92 Å². The van der Waals surface area contributed by atoms with Crippen molar-refractivity contribution in [2.24, 2.45) is 5.92 Å². The molecule has 0 spiro atoms. The summed E-state index contributed by atoms with van der Waals surface area (Å²) >= 11 is 0. The molecule has 4 heteroatoms. The molecule has 2 aliphatic rings. The topological polar surface area (TPSA) is 31.0 Å². The molecule has 3 atom stereocenters. The predicted octanol–water partition coefficient (Wildman–Crippen LogP) is 3.80. The van der Waals surface area contributed by atoms with Crippen molar-refractivity contribution in [3.05, 3.63) is 0 Å². The normalized spacial score (nSPS) is 28.6. The molecule has 0 amide bonds. The van der Waals surface area contributed by atoms with Crippen LogP contribution in [0.1, 0.15) is 65.2 Å². The molecule has 0 aromatic carbocycles. The summed E-state index contributed by atoms with van der Waals surface area (Å²) in [6, 6.07) is 1.19. The first-order valence-electron chi connectivity index (χ1n) is 8.72. The second kappa shape index (κ2) is 9.18. The van der Waals surface area contributed by atoms with Crippen LogP contribution in [0.4, 0.5) is 0 Å². The zero-order chi connectivity index (χ0) is 14.2. The number of hydrogen-bond donors (Lipinski definition) is 0. The highest BCUT2D eigenvalue weighted by Crippen LogP contribution is 2.41. The summed E-state index contributed by atoms with van der Waals surface area (Å²) in [5, 5.41) is 0. The largest absolute Gasteiger partial charge is 0.397 e. The molecule has 1 aliphatic heterocycles. The van der Waals surface area contributed by atoms with E-state index in [9.17, 15) is 0 Å². The summed E-state index contributed by atoms with van der Waals surface area (Å²) in [4.78, 5) is 0. The zero-order valence-corrected chi connectivity index (χ0v) is 14.5. The Bertz CT molecular complexity index is 252. The number of epoxide rings is 1. The minimum absolute atomic E-state index is 0.607. The van der Waals surface area contributed by atoms with Gasteiger partial charge in [0.25, 0.3) is 0 Å². The molecule has 0 N–H and O–H groups in total. The van der Waals surface area contributed by atoms with E-state index in [0.717, 1.165) is 19.1 Å². The van der Waals surface area contributed by atoms with Gasteiger partial charge in [0, 0.05) is 13.2 Å². The molecule has 1 heterocycles. The highest BCUT2D eigenvalue weighted by molar-refractivity contribution is 6.44. The molecule has 2 rings (SSSR count). The van der Waals surface area contributed by atoms with E-state index in [1.54, 1.807) is 0 Å². The van der Waals surface area contributed by atoms with E-state index >= 15 is 0 Å². The van der Waals surface area contributed by atoms with Crippen molar-refractivity contribution in [3.63, 3.8) is 0 Å². The Labute approximate surface area is 126 Å². The van der Waals surface area contributed by atoms with Crippen LogP contribution in [-0.4, -0.2) is 34.7 Å². The number of unbranched alkanes of at least 4 members (excludes halogenated alkanes) is 2. The maximum atomic E-state index is 6.04. The number of ether oxygens (including phenoxy) is 1. The van der Waals surface area contributed by atoms with Crippen molar-refractivity contribution in [2.75, 3.05) is 13.2 Å². The van der Waals surface area contributed by atoms with Crippen LogP contribution in [-0.2, 0) is 13.6 Å². The Hall–Kier alpha value is 0.0969. The van der Waals surface area contributed by atoms with E-state index < -0.39 is 9.28 Å². The molecule has 3 unspecified atom stereocenters. The molecule has 2 fully saturated rings. The highest BCUT2D eigenvalue weighted by Gasteiger charge is 2.43. The Morgan fingerprint density at radius 1 is 1.00 bits per heavy atom. The lowest BCUT2D eigenvalue weighted by atomic mass is 9.88. The molecule has 1 aliphatic carbocycles. The van der Waals surface area contributed by atoms with Crippen molar-refractivity contribution >= 4 is 9.28 Å². The fraction of sp³-hybridized carbons (Fsp3) is 1.00. The van der Waals surface area contributed by atoms with Crippen LogP contribution in [0.5, 0.6) is 0 Å². The van der Waals surface area contributed by atoms with E-state index in [4.69, 9.17) is 13.6 Å². The fourth-order valence-electron chi connectivity index (χ4n) is 3.05. The lowest BCUT2D eigenvalue weighted by Crippen LogP contribution is -2.26. The molecule has 1 saturated carbocycles. The van der Waals surface area contributed by atoms with Crippen LogP contribution in [0.3, 0.4) is 0 Å². The first kappa shape index (κ1) is 16.5. The lowest BCUT2D eigenvalue weighted by Gasteiger charge is -2.22. The van der Waals surface area contributed by atoms with E-state index in [1.165, 1.54) is 57.4 Å². The molecule has 20 heavy (non-hydrogen) atoms. The second-order valence-electron chi connectivity index (χ2n) is 6.35. The van der Waals surface area contributed by atoms with Gasteiger partial charge in [-0.05, 0) is 50.5 Å². The van der Waals surface area contributed by atoms with E-state index in [2.05, 4.69) is 13.8 Å². The molecule has 0 bridgehead atoms. The number of hydrogen-bond acceptors (Lipinski definition) is 3. The van der Waals surface area contributed by atoms with Crippen molar-refractivity contribution in [2.45, 2.75) is 83.5 Å². The monoisotopic (exact) mass is 300 g/mol. The minimum Gasteiger partial charge on any atom is -0.397 e. The van der Waals surface area contributed by atoms with Gasteiger partial charge in [-0.1, -0.05) is 26.7 Å². The van der Waals surface area contributed by atoms with E-state index in [1.807, 2.05) is 0 Å². The van der Waals surface area contributed by atoms with Gasteiger partial charge in [-0.2, -0.15) is 0 Å². The molecule has 118 valence electrons. The van der Waals surface area contributed by atoms with E-state index in [0.29, 0.717) is 12.2 Å². The summed E-state index contributed by atoms with van der Waals surface area (Å²) in [5.41, 5.74) is 0. The van der Waals surface area contributed by atoms with Gasteiger partial charge in [0.1, 0.15) is 0 Å². The molecule has 3 nitrogen and oxygen atoms in total. The maximum Gasteiger partial charge on any atom is 0.321 e. The Balaban J connectivity index is 1.62. The minimum atomic E-state index is -1.42. The first-order valence-corrected chi connectivity index (χ1v) is 10.5. The van der Waals surface area contributed by atoms with Gasteiger partial charge in [0.15, 0.2) is 0 Å².